The smallest absolute Gasteiger partial charge is 0.125 e. The number of nitrogens with one attached hydrogen (secondary N) is 1. The Labute approximate surface area is 78.7 Å². The molecule has 0 saturated heterocycles. The van der Waals surface area contributed by atoms with Crippen molar-refractivity contribution in [3.63, 3.8) is 0 Å². The second-order valence-corrected chi connectivity index (χ2v) is 2.75. The molecule has 1 rings (SSSR count). The van der Waals surface area contributed by atoms with Crippen molar-refractivity contribution < 1.29 is 0 Å². The van der Waals surface area contributed by atoms with E-state index in [1.165, 1.54) is 0 Å². The summed E-state index contributed by atoms with van der Waals surface area (Å²) in [4.78, 5) is 3.91. The fourth-order valence-electron chi connectivity index (χ4n) is 1.02. The van der Waals surface area contributed by atoms with Crippen molar-refractivity contribution in [3.8, 4) is 0 Å². The van der Waals surface area contributed by atoms with Crippen LogP contribution in [0.2, 0.25) is 0 Å². The van der Waals surface area contributed by atoms with Gasteiger partial charge in [-0.1, -0.05) is 12.2 Å². The number of allylic oxidation sites excluding steroid dienone is 1. The highest BCUT2D eigenvalue weighted by molar-refractivity contribution is 5.49. The molecule has 0 unspecified atom stereocenters. The number of rotatable bonds is 4. The highest BCUT2D eigenvalue weighted by Crippen LogP contribution is 2.08. The van der Waals surface area contributed by atoms with Gasteiger partial charge in [-0.25, -0.2) is 4.98 Å². The molecule has 3 nitrogen and oxygen atoms in total. The van der Waals surface area contributed by atoms with E-state index in [1.807, 2.05) is 25.1 Å². The minimum Gasteiger partial charge on any atom is -0.385 e. The van der Waals surface area contributed by atoms with Crippen molar-refractivity contribution in [3.05, 3.63) is 30.5 Å². The predicted octanol–water partition coefficient (Wildman–Crippen LogP) is 2.04. The lowest BCUT2D eigenvalue weighted by atomic mass is 10.3. The molecule has 0 saturated carbocycles. The first-order chi connectivity index (χ1) is 6.33. The van der Waals surface area contributed by atoms with Crippen molar-refractivity contribution in [1.82, 2.24) is 4.98 Å². The van der Waals surface area contributed by atoms with Crippen LogP contribution in [0.25, 0.3) is 0 Å². The van der Waals surface area contributed by atoms with Gasteiger partial charge in [-0.05, 0) is 19.4 Å². The summed E-state index contributed by atoms with van der Waals surface area (Å²) in [6, 6.07) is 3.74. The molecule has 0 atom stereocenters. The van der Waals surface area contributed by atoms with Crippen LogP contribution >= 0.6 is 0 Å². The summed E-state index contributed by atoms with van der Waals surface area (Å²) >= 11 is 0. The third-order valence-electron chi connectivity index (χ3n) is 1.66. The van der Waals surface area contributed by atoms with E-state index in [0.717, 1.165) is 18.7 Å². The molecule has 13 heavy (non-hydrogen) atoms. The number of nitrogens with zero attached hydrogens (tertiary/aromatic N) is 1. The first kappa shape index (κ1) is 9.58. The van der Waals surface area contributed by atoms with Gasteiger partial charge < -0.3 is 11.1 Å². The molecule has 0 bridgehead atoms. The number of hydrogen-bond acceptors (Lipinski definition) is 3. The van der Waals surface area contributed by atoms with Crippen molar-refractivity contribution in [1.29, 1.82) is 0 Å². The normalized spacial score (nSPS) is 10.5. The molecule has 0 aliphatic heterocycles. The maximum atomic E-state index is 5.52. The van der Waals surface area contributed by atoms with E-state index < -0.39 is 0 Å². The van der Waals surface area contributed by atoms with Crippen LogP contribution < -0.4 is 11.1 Å². The van der Waals surface area contributed by atoms with Gasteiger partial charge in [-0.3, -0.25) is 0 Å². The first-order valence-electron chi connectivity index (χ1n) is 4.39. The molecule has 1 aromatic rings. The first-order valence-corrected chi connectivity index (χ1v) is 4.39. The van der Waals surface area contributed by atoms with Crippen molar-refractivity contribution in [2.75, 3.05) is 17.6 Å². The molecule has 0 radical (unpaired) electrons. The molecule has 0 amide bonds. The monoisotopic (exact) mass is 177 g/mol. The summed E-state index contributed by atoms with van der Waals surface area (Å²) in [6.45, 7) is 2.94. The number of aromatic nitrogens is 1. The lowest BCUT2D eigenvalue weighted by molar-refractivity contribution is 1.06. The zero-order valence-electron chi connectivity index (χ0n) is 7.83. The second kappa shape index (κ2) is 5.19. The van der Waals surface area contributed by atoms with E-state index in [1.54, 1.807) is 6.20 Å². The molecule has 0 aliphatic rings. The quantitative estimate of drug-likeness (QED) is 0.546. The van der Waals surface area contributed by atoms with Crippen LogP contribution in [0.15, 0.2) is 30.5 Å². The Balaban J connectivity index is 2.36. The van der Waals surface area contributed by atoms with Crippen molar-refractivity contribution in [2.45, 2.75) is 13.3 Å². The standard InChI is InChI=1S/C10H15N3/c1-2-3-4-6-12-9-5-7-13-10(11)8-9/h2-3,5,7-8H,4,6H2,1H3,(H3,11,12,13)/b3-2+. The fraction of sp³-hybridized carbons (Fsp3) is 0.300. The van der Waals surface area contributed by atoms with Gasteiger partial charge in [0.1, 0.15) is 5.82 Å². The van der Waals surface area contributed by atoms with Crippen LogP contribution in [0.4, 0.5) is 11.5 Å². The molecule has 0 spiro atoms. The topological polar surface area (TPSA) is 50.9 Å². The van der Waals surface area contributed by atoms with Gasteiger partial charge >= 0.3 is 0 Å². The van der Waals surface area contributed by atoms with Crippen LogP contribution in [0.5, 0.6) is 0 Å². The molecule has 1 aromatic heterocycles. The summed E-state index contributed by atoms with van der Waals surface area (Å²) in [5.41, 5.74) is 6.55. The Bertz CT molecular complexity index is 281. The van der Waals surface area contributed by atoms with E-state index in [2.05, 4.69) is 16.4 Å². The Morgan fingerprint density at radius 2 is 2.46 bits per heavy atom. The zero-order valence-corrected chi connectivity index (χ0v) is 7.83. The number of nitrogens with two attached hydrogens (primary N) is 1. The van der Waals surface area contributed by atoms with E-state index >= 15 is 0 Å². The largest absolute Gasteiger partial charge is 0.385 e. The van der Waals surface area contributed by atoms with Gasteiger partial charge in [0, 0.05) is 24.5 Å². The maximum Gasteiger partial charge on any atom is 0.125 e. The second-order valence-electron chi connectivity index (χ2n) is 2.75. The van der Waals surface area contributed by atoms with Crippen molar-refractivity contribution in [2.24, 2.45) is 0 Å². The highest BCUT2D eigenvalue weighted by atomic mass is 14.9. The van der Waals surface area contributed by atoms with Gasteiger partial charge in [-0.15, -0.1) is 0 Å². The summed E-state index contributed by atoms with van der Waals surface area (Å²) in [7, 11) is 0. The number of nitrogen functional groups attached to an aromatic ring is 1. The van der Waals surface area contributed by atoms with E-state index in [4.69, 9.17) is 5.73 Å². The van der Waals surface area contributed by atoms with Crippen LogP contribution in [0, 0.1) is 0 Å². The summed E-state index contributed by atoms with van der Waals surface area (Å²) in [5, 5.41) is 3.25. The minimum absolute atomic E-state index is 0.552. The minimum atomic E-state index is 0.552. The Morgan fingerprint density at radius 3 is 3.15 bits per heavy atom. The lowest BCUT2D eigenvalue weighted by Crippen LogP contribution is -2.01. The fourth-order valence-corrected chi connectivity index (χ4v) is 1.02. The van der Waals surface area contributed by atoms with Crippen LogP contribution in [-0.4, -0.2) is 11.5 Å². The number of anilines is 2. The third-order valence-corrected chi connectivity index (χ3v) is 1.66. The molecule has 0 fully saturated rings. The predicted molar refractivity (Wildman–Crippen MR) is 56.6 cm³/mol. The van der Waals surface area contributed by atoms with Crippen LogP contribution in [-0.2, 0) is 0 Å². The molecule has 3 heteroatoms. The van der Waals surface area contributed by atoms with Gasteiger partial charge in [0.25, 0.3) is 0 Å². The molecule has 1 heterocycles. The molecule has 3 N–H and O–H groups in total. The van der Waals surface area contributed by atoms with E-state index in [-0.39, 0.29) is 0 Å². The van der Waals surface area contributed by atoms with E-state index in [9.17, 15) is 0 Å². The number of hydrogen-bond donors (Lipinski definition) is 2. The summed E-state index contributed by atoms with van der Waals surface area (Å²) < 4.78 is 0. The lowest BCUT2D eigenvalue weighted by Gasteiger charge is -2.03. The third kappa shape index (κ3) is 3.60. The molecule has 0 aliphatic carbocycles. The van der Waals surface area contributed by atoms with Crippen LogP contribution in [0.3, 0.4) is 0 Å². The maximum absolute atomic E-state index is 5.52. The highest BCUT2D eigenvalue weighted by Gasteiger charge is 1.90. The Morgan fingerprint density at radius 1 is 1.62 bits per heavy atom. The molecular formula is C10H15N3. The molecule has 70 valence electrons. The Kier molecular flexibility index (Phi) is 3.82. The summed E-state index contributed by atoms with van der Waals surface area (Å²) in [5.74, 6) is 0.552. The molecule has 0 aromatic carbocycles. The average molecular weight is 177 g/mol. The molecular weight excluding hydrogens is 162 g/mol. The zero-order chi connectivity index (χ0) is 9.52. The van der Waals surface area contributed by atoms with Gasteiger partial charge in [0.15, 0.2) is 0 Å². The average Bonchev–Trinajstić information content (AvgIpc) is 2.13. The van der Waals surface area contributed by atoms with Crippen LogP contribution in [0.1, 0.15) is 13.3 Å². The van der Waals surface area contributed by atoms with Gasteiger partial charge in [0.2, 0.25) is 0 Å². The Hall–Kier alpha value is -1.51. The summed E-state index contributed by atoms with van der Waals surface area (Å²) in [6.07, 6.45) is 6.90. The van der Waals surface area contributed by atoms with Gasteiger partial charge in [0.05, 0.1) is 0 Å². The van der Waals surface area contributed by atoms with E-state index in [0.29, 0.717) is 5.82 Å². The SMILES string of the molecule is C/C=C/CCNc1ccnc(N)c1. The number of pyridine rings is 1. The van der Waals surface area contributed by atoms with Crippen molar-refractivity contribution >= 4 is 11.5 Å². The van der Waals surface area contributed by atoms with Gasteiger partial charge in [-0.2, -0.15) is 0 Å².